The minimum atomic E-state index is -0.440. The lowest BCUT2D eigenvalue weighted by molar-refractivity contribution is -0.912. The monoisotopic (exact) mass is 459 g/mol. The van der Waals surface area contributed by atoms with Crippen molar-refractivity contribution in [2.75, 3.05) is 7.11 Å². The molecule has 3 aromatic rings. The van der Waals surface area contributed by atoms with E-state index in [2.05, 4.69) is 4.98 Å². The summed E-state index contributed by atoms with van der Waals surface area (Å²) in [5.74, 6) is 0.450. The number of hydrogen-bond donors (Lipinski definition) is 1. The number of rotatable bonds is 5. The van der Waals surface area contributed by atoms with Crippen molar-refractivity contribution >= 4 is 5.69 Å². The van der Waals surface area contributed by atoms with Crippen LogP contribution in [0, 0.1) is 10.1 Å². The Morgan fingerprint density at radius 1 is 1.29 bits per heavy atom. The molecule has 24 heavy (non-hydrogen) atoms. The van der Waals surface area contributed by atoms with Gasteiger partial charge in [0, 0.05) is 6.07 Å². The van der Waals surface area contributed by atoms with Gasteiger partial charge in [-0.25, -0.2) is 0 Å². The van der Waals surface area contributed by atoms with Gasteiger partial charge < -0.3 is 38.7 Å². The van der Waals surface area contributed by atoms with Gasteiger partial charge in [-0.05, 0) is 6.07 Å². The Morgan fingerprint density at radius 3 is 2.71 bits per heavy atom. The van der Waals surface area contributed by atoms with E-state index in [4.69, 9.17) is 4.74 Å². The van der Waals surface area contributed by atoms with Crippen molar-refractivity contribution in [3.8, 4) is 11.4 Å². The molecule has 1 N–H and O–H groups in total. The summed E-state index contributed by atoms with van der Waals surface area (Å²) in [4.78, 5) is 13.4. The molecule has 0 unspecified atom stereocenters. The van der Waals surface area contributed by atoms with Crippen molar-refractivity contribution in [1.82, 2.24) is 9.55 Å². The largest absolute Gasteiger partial charge is 1.00 e. The van der Waals surface area contributed by atoms with E-state index in [0.29, 0.717) is 12.4 Å². The predicted octanol–water partition coefficient (Wildman–Crippen LogP) is -5.19. The number of ether oxygens (including phenoxy) is 1. The molecular formula is C14H15Br2N5O3. The summed E-state index contributed by atoms with van der Waals surface area (Å²) >= 11 is 0. The molecule has 10 heteroatoms. The van der Waals surface area contributed by atoms with Gasteiger partial charge in [-0.15, -0.1) is 0 Å². The summed E-state index contributed by atoms with van der Waals surface area (Å²) < 4.78 is 11.1. The lowest BCUT2D eigenvalue weighted by atomic mass is 10.2. The smallest absolute Gasteiger partial charge is 0.273 e. The van der Waals surface area contributed by atoms with Crippen molar-refractivity contribution in [3.63, 3.8) is 0 Å². The van der Waals surface area contributed by atoms with Crippen LogP contribution < -0.4 is 47.8 Å². The number of imidazole rings is 2. The molecule has 128 valence electrons. The Morgan fingerprint density at radius 2 is 2.08 bits per heavy atom. The quantitative estimate of drug-likeness (QED) is 0.235. The van der Waals surface area contributed by atoms with Crippen LogP contribution in [-0.4, -0.2) is 21.6 Å². The number of nitro benzene ring substituents is 1. The summed E-state index contributed by atoms with van der Waals surface area (Å²) in [7, 11) is 1.50. The third kappa shape index (κ3) is 4.20. The topological polar surface area (TPSA) is 80.8 Å². The highest BCUT2D eigenvalue weighted by Gasteiger charge is 2.17. The maximum atomic E-state index is 10.8. The molecule has 1 aromatic carbocycles. The molecular weight excluding hydrogens is 446 g/mol. The van der Waals surface area contributed by atoms with Crippen LogP contribution in [0.4, 0.5) is 5.69 Å². The molecule has 0 aliphatic carbocycles. The fraction of sp³-hybridized carbons (Fsp3) is 0.143. The van der Waals surface area contributed by atoms with E-state index in [1.165, 1.54) is 19.2 Å². The number of hydrogen-bond acceptors (Lipinski definition) is 3. The van der Waals surface area contributed by atoms with Gasteiger partial charge in [0.25, 0.3) is 12.0 Å². The highest BCUT2D eigenvalue weighted by molar-refractivity contribution is 5.53. The van der Waals surface area contributed by atoms with Crippen LogP contribution in [0.25, 0.3) is 5.69 Å². The molecule has 8 nitrogen and oxygen atoms in total. The second kappa shape index (κ2) is 8.60. The molecule has 0 spiro atoms. The van der Waals surface area contributed by atoms with Gasteiger partial charge in [0.05, 0.1) is 18.1 Å². The minimum Gasteiger partial charge on any atom is -1.00 e. The van der Waals surface area contributed by atoms with E-state index < -0.39 is 4.92 Å². The number of aromatic amines is 1. The molecule has 2 aromatic heterocycles. The maximum Gasteiger partial charge on any atom is 0.273 e. The van der Waals surface area contributed by atoms with Crippen molar-refractivity contribution in [1.29, 1.82) is 0 Å². The van der Waals surface area contributed by atoms with Gasteiger partial charge in [0.2, 0.25) is 13.0 Å². The Labute approximate surface area is 159 Å². The van der Waals surface area contributed by atoms with E-state index in [9.17, 15) is 10.1 Å². The van der Waals surface area contributed by atoms with E-state index >= 15 is 0 Å². The highest BCUT2D eigenvalue weighted by Crippen LogP contribution is 2.27. The first-order valence-corrected chi connectivity index (χ1v) is 6.59. The molecule has 0 saturated carbocycles. The normalized spacial score (nSPS) is 9.71. The van der Waals surface area contributed by atoms with Crippen LogP contribution in [-0.2, 0) is 6.67 Å². The van der Waals surface area contributed by atoms with E-state index in [0.717, 1.165) is 5.69 Å². The molecule has 0 radical (unpaired) electrons. The Kier molecular flexibility index (Phi) is 7.11. The van der Waals surface area contributed by atoms with E-state index in [1.54, 1.807) is 6.07 Å². The molecule has 0 bridgehead atoms. The molecule has 0 fully saturated rings. The first-order valence-electron chi connectivity index (χ1n) is 6.59. The minimum absolute atomic E-state index is 0. The SMILES string of the molecule is COc1cc([N+](=O)[O-])ccc1-n1cc[n+](C[n+]2cc[nH]c2)c1.[Br-].[Br-]. The van der Waals surface area contributed by atoms with Crippen LogP contribution in [0.3, 0.4) is 0 Å². The number of methoxy groups -OCH3 is 1. The van der Waals surface area contributed by atoms with Gasteiger partial charge in [-0.3, -0.25) is 15.1 Å². The first kappa shape index (κ1) is 19.8. The average molecular weight is 461 g/mol. The van der Waals surface area contributed by atoms with Crippen molar-refractivity contribution in [2.24, 2.45) is 0 Å². The number of non-ortho nitro benzene ring substituents is 1. The molecule has 0 aliphatic heterocycles. The van der Waals surface area contributed by atoms with Crippen LogP contribution >= 0.6 is 0 Å². The van der Waals surface area contributed by atoms with Gasteiger partial charge >= 0.3 is 0 Å². The van der Waals surface area contributed by atoms with Gasteiger partial charge in [0.1, 0.15) is 24.8 Å². The standard InChI is InChI=1S/C14H14N5O3.2BrH/c1-22-14-8-12(19(20)21)2-3-13(14)18-7-6-17(11-18)10-16-5-4-15-9-16;;/h2-9,11H,10H2,1H3;2*1H/q+1;;/p-1. The van der Waals surface area contributed by atoms with Crippen molar-refractivity contribution in [2.45, 2.75) is 6.67 Å². The molecule has 0 aliphatic rings. The number of H-pyrrole nitrogens is 1. The number of benzene rings is 1. The zero-order valence-corrected chi connectivity index (χ0v) is 15.8. The first-order chi connectivity index (χ1) is 10.7. The number of nitrogens with one attached hydrogen (secondary N) is 1. The maximum absolute atomic E-state index is 10.8. The van der Waals surface area contributed by atoms with Crippen LogP contribution in [0.5, 0.6) is 5.75 Å². The van der Waals surface area contributed by atoms with E-state index in [-0.39, 0.29) is 39.7 Å². The fourth-order valence-corrected chi connectivity index (χ4v) is 2.21. The van der Waals surface area contributed by atoms with Crippen LogP contribution in [0.2, 0.25) is 0 Å². The summed E-state index contributed by atoms with van der Waals surface area (Å²) in [5.41, 5.74) is 0.745. The zero-order chi connectivity index (χ0) is 15.5. The Balaban J connectivity index is 0.00000144. The van der Waals surface area contributed by atoms with Crippen molar-refractivity contribution < 1.29 is 52.8 Å². The molecule has 0 atom stereocenters. The lowest BCUT2D eigenvalue weighted by Crippen LogP contribution is -3.00. The molecule has 0 saturated heterocycles. The summed E-state index contributed by atoms with van der Waals surface area (Å²) in [6.45, 7) is 0.659. The molecule has 0 amide bonds. The number of halogens is 2. The van der Waals surface area contributed by atoms with Crippen LogP contribution in [0.15, 0.2) is 55.6 Å². The third-order valence-corrected chi connectivity index (χ3v) is 3.27. The summed E-state index contributed by atoms with van der Waals surface area (Å²) in [6.07, 6.45) is 11.3. The number of nitro groups is 1. The third-order valence-electron chi connectivity index (χ3n) is 3.27. The van der Waals surface area contributed by atoms with Gasteiger partial charge in [-0.1, -0.05) is 0 Å². The van der Waals surface area contributed by atoms with Gasteiger partial charge in [0.15, 0.2) is 11.4 Å². The zero-order valence-electron chi connectivity index (χ0n) is 12.7. The second-order valence-corrected chi connectivity index (χ2v) is 4.72. The predicted molar refractivity (Wildman–Crippen MR) is 75.6 cm³/mol. The summed E-state index contributed by atoms with van der Waals surface area (Å²) in [6, 6.07) is 4.55. The fourth-order valence-electron chi connectivity index (χ4n) is 2.21. The molecule has 3 rings (SSSR count). The average Bonchev–Trinajstić information content (AvgIpc) is 3.19. The second-order valence-electron chi connectivity index (χ2n) is 4.72. The lowest BCUT2D eigenvalue weighted by Gasteiger charge is -2.04. The van der Waals surface area contributed by atoms with Crippen molar-refractivity contribution in [3.05, 3.63) is 65.8 Å². The Bertz CT molecular complexity index is 805. The molecule has 2 heterocycles. The highest BCUT2D eigenvalue weighted by atomic mass is 79.9. The summed E-state index contributed by atoms with van der Waals surface area (Å²) in [5, 5.41) is 10.8. The van der Waals surface area contributed by atoms with Gasteiger partial charge in [-0.2, -0.15) is 13.7 Å². The number of aromatic nitrogens is 4. The number of nitrogens with zero attached hydrogens (tertiary/aromatic N) is 4. The van der Waals surface area contributed by atoms with Crippen LogP contribution in [0.1, 0.15) is 0 Å². The Hall–Kier alpha value is -2.20. The van der Waals surface area contributed by atoms with E-state index in [1.807, 2.05) is 51.1 Å².